The predicted octanol–water partition coefficient (Wildman–Crippen LogP) is 7.78. The van der Waals surface area contributed by atoms with Gasteiger partial charge in [0.2, 0.25) is 5.95 Å². The van der Waals surface area contributed by atoms with Crippen molar-refractivity contribution in [2.75, 3.05) is 25.8 Å². The first-order valence-electron chi connectivity index (χ1n) is 12.4. The number of alkyl halides is 3. The van der Waals surface area contributed by atoms with E-state index in [1.807, 2.05) is 0 Å². The summed E-state index contributed by atoms with van der Waals surface area (Å²) in [6.07, 6.45) is 0.809. The summed E-state index contributed by atoms with van der Waals surface area (Å²) in [5, 5.41) is 15.3. The Labute approximate surface area is 213 Å². The fourth-order valence-corrected chi connectivity index (χ4v) is 2.70. The molecular formula is C26H42F3N5O2. The fourth-order valence-electron chi connectivity index (χ4n) is 2.70. The summed E-state index contributed by atoms with van der Waals surface area (Å²) in [5.74, 6) is 0.422. The average molecular weight is 514 g/mol. The zero-order valence-electron chi connectivity index (χ0n) is 23.1. The lowest BCUT2D eigenvalue weighted by Crippen LogP contribution is -2.11. The van der Waals surface area contributed by atoms with Crippen LogP contribution in [0.15, 0.2) is 24.4 Å². The molecule has 0 aliphatic rings. The van der Waals surface area contributed by atoms with Crippen molar-refractivity contribution in [3.8, 4) is 17.0 Å². The molecule has 1 aromatic carbocycles. The van der Waals surface area contributed by atoms with E-state index in [9.17, 15) is 13.2 Å². The highest BCUT2D eigenvalue weighted by Gasteiger charge is 2.33. The number of fused-ring (bicyclic) bond motifs is 1. The van der Waals surface area contributed by atoms with E-state index in [2.05, 4.69) is 62.2 Å². The number of nitrogens with zero attached hydrogens (tertiary/aromatic N) is 4. The Bertz CT molecular complexity index is 1000. The second-order valence-electron chi connectivity index (χ2n) is 7.79. The molecule has 0 unspecified atom stereocenters. The maximum Gasteiger partial charge on any atom is 0.416 e. The molecule has 10 heteroatoms. The molecule has 1 N–H and O–H groups in total. The van der Waals surface area contributed by atoms with Gasteiger partial charge in [-0.1, -0.05) is 60.8 Å². The third kappa shape index (κ3) is 10.0. The topological polar surface area (TPSA) is 73.6 Å². The van der Waals surface area contributed by atoms with E-state index in [1.165, 1.54) is 23.8 Å². The van der Waals surface area contributed by atoms with Crippen molar-refractivity contribution >= 4 is 11.5 Å². The monoisotopic (exact) mass is 513 g/mol. The van der Waals surface area contributed by atoms with Gasteiger partial charge in [0.15, 0.2) is 6.79 Å². The van der Waals surface area contributed by atoms with Gasteiger partial charge < -0.3 is 14.8 Å². The summed E-state index contributed by atoms with van der Waals surface area (Å²) < 4.78 is 51.9. The number of anilines is 1. The molecule has 0 bridgehead atoms. The Hall–Kier alpha value is -2.88. The number of nitrogens with one attached hydrogen (secondary N) is 1. The van der Waals surface area contributed by atoms with Gasteiger partial charge in [-0.3, -0.25) is 0 Å². The van der Waals surface area contributed by atoms with Crippen molar-refractivity contribution in [3.05, 3.63) is 35.5 Å². The van der Waals surface area contributed by atoms with Crippen molar-refractivity contribution in [2.24, 2.45) is 0 Å². The van der Waals surface area contributed by atoms with Gasteiger partial charge in [0.05, 0.1) is 17.3 Å². The van der Waals surface area contributed by atoms with Crippen LogP contribution in [0, 0.1) is 6.92 Å². The lowest BCUT2D eigenvalue weighted by atomic mass is 10.00. The number of ether oxygens (including phenoxy) is 2. The maximum absolute atomic E-state index is 13.2. The van der Waals surface area contributed by atoms with Crippen LogP contribution in [-0.2, 0) is 10.9 Å². The van der Waals surface area contributed by atoms with Gasteiger partial charge in [0, 0.05) is 19.2 Å². The Morgan fingerprint density at radius 1 is 0.944 bits per heavy atom. The molecule has 3 rings (SSSR count). The third-order valence-electron chi connectivity index (χ3n) is 3.92. The zero-order valence-corrected chi connectivity index (χ0v) is 23.1. The normalized spacial score (nSPS) is 10.3. The molecular weight excluding hydrogens is 471 g/mol. The Balaban J connectivity index is 0.00000119. The quantitative estimate of drug-likeness (QED) is 0.268. The number of hydrogen-bond donors (Lipinski definition) is 1. The first-order valence-corrected chi connectivity index (χ1v) is 12.4. The van der Waals surface area contributed by atoms with Gasteiger partial charge in [0.1, 0.15) is 11.4 Å². The molecule has 0 fully saturated rings. The standard InChI is InChI=1S/C17H18F3N5O2.3C3H8/c1-4-26-9-27-13-8-11(17(18,19)20)7-10(2)14(13)15-12-5-6-22-25(12)16(21-3)24-23-15;3*1-3-2/h5-8H,4,9H2,1-3H3,(H,21,24);3*3H2,1-2H3. The number of halogens is 3. The fraction of sp³-hybridized carbons (Fsp3) is 0.577. The largest absolute Gasteiger partial charge is 0.467 e. The van der Waals surface area contributed by atoms with E-state index < -0.39 is 11.7 Å². The molecule has 36 heavy (non-hydrogen) atoms. The van der Waals surface area contributed by atoms with Crippen LogP contribution in [0.5, 0.6) is 5.75 Å². The van der Waals surface area contributed by atoms with E-state index in [0.717, 1.165) is 12.1 Å². The van der Waals surface area contributed by atoms with Crippen molar-refractivity contribution < 1.29 is 22.6 Å². The van der Waals surface area contributed by atoms with Gasteiger partial charge in [0.25, 0.3) is 0 Å². The molecule has 0 radical (unpaired) electrons. The minimum Gasteiger partial charge on any atom is -0.467 e. The maximum atomic E-state index is 13.2. The van der Waals surface area contributed by atoms with Crippen LogP contribution in [0.3, 0.4) is 0 Å². The molecule has 2 aromatic heterocycles. The van der Waals surface area contributed by atoms with E-state index in [0.29, 0.717) is 34.9 Å². The molecule has 0 saturated heterocycles. The lowest BCUT2D eigenvalue weighted by molar-refractivity contribution is -0.137. The van der Waals surface area contributed by atoms with E-state index in [1.54, 1.807) is 33.2 Å². The van der Waals surface area contributed by atoms with Crippen molar-refractivity contribution in [1.29, 1.82) is 0 Å². The van der Waals surface area contributed by atoms with Crippen LogP contribution in [0.4, 0.5) is 19.1 Å². The third-order valence-corrected chi connectivity index (χ3v) is 3.92. The Morgan fingerprint density at radius 2 is 1.53 bits per heavy atom. The predicted molar refractivity (Wildman–Crippen MR) is 141 cm³/mol. The summed E-state index contributed by atoms with van der Waals surface area (Å²) in [6.45, 7) is 16.3. The zero-order chi connectivity index (χ0) is 27.7. The minimum absolute atomic E-state index is 0.0189. The smallest absolute Gasteiger partial charge is 0.416 e. The highest BCUT2D eigenvalue weighted by atomic mass is 19.4. The number of hydrogen-bond acceptors (Lipinski definition) is 6. The average Bonchev–Trinajstić information content (AvgIpc) is 3.30. The van der Waals surface area contributed by atoms with E-state index in [4.69, 9.17) is 9.47 Å². The summed E-state index contributed by atoms with van der Waals surface area (Å²) in [6, 6.07) is 3.71. The molecule has 0 atom stereocenters. The molecule has 0 spiro atoms. The highest BCUT2D eigenvalue weighted by molar-refractivity contribution is 5.83. The minimum atomic E-state index is -4.50. The Morgan fingerprint density at radius 3 is 2.03 bits per heavy atom. The lowest BCUT2D eigenvalue weighted by Gasteiger charge is -2.17. The molecule has 204 valence electrons. The highest BCUT2D eigenvalue weighted by Crippen LogP contribution is 2.40. The number of aryl methyl sites for hydroxylation is 1. The van der Waals surface area contributed by atoms with Gasteiger partial charge >= 0.3 is 6.18 Å². The van der Waals surface area contributed by atoms with Gasteiger partial charge in [-0.15, -0.1) is 10.2 Å². The van der Waals surface area contributed by atoms with E-state index >= 15 is 0 Å². The molecule has 0 saturated carbocycles. The summed E-state index contributed by atoms with van der Waals surface area (Å²) >= 11 is 0. The van der Waals surface area contributed by atoms with Crippen LogP contribution in [-0.4, -0.2) is 40.3 Å². The number of aromatic nitrogens is 4. The molecule has 0 amide bonds. The number of rotatable bonds is 6. The van der Waals surface area contributed by atoms with Crippen LogP contribution < -0.4 is 10.1 Å². The van der Waals surface area contributed by atoms with Crippen molar-refractivity contribution in [2.45, 2.75) is 80.8 Å². The summed E-state index contributed by atoms with van der Waals surface area (Å²) in [4.78, 5) is 0. The second kappa shape index (κ2) is 17.5. The van der Waals surface area contributed by atoms with Gasteiger partial charge in [-0.25, -0.2) is 0 Å². The van der Waals surface area contributed by atoms with Crippen LogP contribution in [0.1, 0.15) is 78.9 Å². The first kappa shape index (κ1) is 33.1. The van der Waals surface area contributed by atoms with Crippen molar-refractivity contribution in [1.82, 2.24) is 19.8 Å². The van der Waals surface area contributed by atoms with Crippen molar-refractivity contribution in [3.63, 3.8) is 0 Å². The van der Waals surface area contributed by atoms with Gasteiger partial charge in [-0.2, -0.15) is 22.8 Å². The molecule has 2 heterocycles. The summed E-state index contributed by atoms with van der Waals surface area (Å²) in [7, 11) is 1.67. The van der Waals surface area contributed by atoms with Gasteiger partial charge in [-0.05, 0) is 37.6 Å². The van der Waals surface area contributed by atoms with E-state index in [-0.39, 0.29) is 12.5 Å². The Kier molecular flexibility index (Phi) is 16.1. The van der Waals surface area contributed by atoms with Crippen LogP contribution in [0.25, 0.3) is 16.8 Å². The SMILES string of the molecule is CCC.CCC.CCC.CCOCOc1cc(C(F)(F)F)cc(C)c1-c1nnc(NC)n2nccc12. The molecule has 0 aliphatic heterocycles. The van der Waals surface area contributed by atoms with Crippen LogP contribution in [0.2, 0.25) is 0 Å². The summed E-state index contributed by atoms with van der Waals surface area (Å²) in [5.41, 5.74) is 0.900. The molecule has 7 nitrogen and oxygen atoms in total. The van der Waals surface area contributed by atoms with Crippen LogP contribution >= 0.6 is 0 Å². The molecule has 3 aromatic rings. The first-order chi connectivity index (χ1) is 17.1. The number of benzene rings is 1. The second-order valence-corrected chi connectivity index (χ2v) is 7.79. The molecule has 0 aliphatic carbocycles.